The number of carbonyl (C=O) groups is 1. The van der Waals surface area contributed by atoms with Crippen LogP contribution in [0.2, 0.25) is 0 Å². The van der Waals surface area contributed by atoms with Gasteiger partial charge in [-0.3, -0.25) is 9.78 Å². The normalized spacial score (nSPS) is 11.7. The smallest absolute Gasteiger partial charge is 0.256 e. The lowest BCUT2D eigenvalue weighted by atomic mass is 9.97. The van der Waals surface area contributed by atoms with Crippen molar-refractivity contribution in [3.05, 3.63) is 106 Å². The summed E-state index contributed by atoms with van der Waals surface area (Å²) < 4.78 is 0. The van der Waals surface area contributed by atoms with E-state index in [0.717, 1.165) is 32.4 Å². The fourth-order valence-corrected chi connectivity index (χ4v) is 4.42. The predicted octanol–water partition coefficient (Wildman–Crippen LogP) is 5.61. The largest absolute Gasteiger partial charge is 0.359 e. The number of rotatable bonds is 6. The Balaban J connectivity index is 1.76. The fraction of sp³-hybridized carbons (Fsp3) is 0.125. The van der Waals surface area contributed by atoms with Gasteiger partial charge in [0.15, 0.2) is 0 Å². The molecule has 0 fully saturated rings. The summed E-state index contributed by atoms with van der Waals surface area (Å²) in [5.74, 6) is 0.646. The number of aromatic nitrogens is 2. The van der Waals surface area contributed by atoms with Gasteiger partial charge in [-0.2, -0.15) is 0 Å². The predicted molar refractivity (Wildman–Crippen MR) is 122 cm³/mol. The number of hydrogen-bond donors (Lipinski definition) is 2. The number of hydrogen-bond acceptors (Lipinski definition) is 5. The molecule has 0 saturated carbocycles. The van der Waals surface area contributed by atoms with E-state index in [1.807, 2.05) is 60.7 Å². The van der Waals surface area contributed by atoms with E-state index >= 15 is 0 Å². The van der Waals surface area contributed by atoms with E-state index in [1.165, 1.54) is 0 Å². The minimum atomic E-state index is -0.182. The van der Waals surface area contributed by atoms with Crippen molar-refractivity contribution in [2.24, 2.45) is 0 Å². The summed E-state index contributed by atoms with van der Waals surface area (Å²) in [6.45, 7) is 4.17. The summed E-state index contributed by atoms with van der Waals surface area (Å²) in [5.41, 5.74) is 3.87. The summed E-state index contributed by atoms with van der Waals surface area (Å²) in [7, 11) is 0. The molecule has 2 N–H and O–H groups in total. The molecule has 1 amide bonds. The van der Waals surface area contributed by atoms with E-state index in [4.69, 9.17) is 0 Å². The molecule has 6 heteroatoms. The Morgan fingerprint density at radius 2 is 1.67 bits per heavy atom. The molecule has 0 radical (unpaired) electrons. The number of nitrogens with zero attached hydrogens (tertiary/aromatic N) is 2. The second kappa shape index (κ2) is 8.88. The highest BCUT2D eigenvalue weighted by atomic mass is 32.1. The molecule has 0 aliphatic carbocycles. The van der Waals surface area contributed by atoms with E-state index in [-0.39, 0.29) is 11.9 Å². The van der Waals surface area contributed by atoms with Gasteiger partial charge in [-0.05, 0) is 61.4 Å². The minimum absolute atomic E-state index is 0.121. The molecule has 0 bridgehead atoms. The molecule has 1 atom stereocenters. The van der Waals surface area contributed by atoms with Crippen LogP contribution in [0, 0.1) is 13.8 Å². The molecule has 0 saturated heterocycles. The lowest BCUT2D eigenvalue weighted by Crippen LogP contribution is -2.18. The van der Waals surface area contributed by atoms with Crippen LogP contribution in [0.5, 0.6) is 0 Å². The first-order chi connectivity index (χ1) is 14.6. The zero-order valence-electron chi connectivity index (χ0n) is 16.8. The number of benzene rings is 1. The molecule has 4 rings (SSSR count). The molecule has 4 aromatic rings. The standard InChI is InChI=1S/C24H22N4OS/c1-16-17(2)30-24(28-23(29)19-8-4-3-5-9-19)21(16)22(18-11-14-25-15-12-18)27-20-10-6-7-13-26-20/h3-15,22H,1-2H3,(H,26,27)(H,28,29)/t22-/m0/s1. The van der Waals surface area contributed by atoms with Crippen molar-refractivity contribution in [3.8, 4) is 0 Å². The third-order valence-corrected chi connectivity index (χ3v) is 6.12. The molecule has 0 aliphatic rings. The monoisotopic (exact) mass is 414 g/mol. The second-order valence-corrected chi connectivity index (χ2v) is 8.14. The van der Waals surface area contributed by atoms with Crippen LogP contribution in [0.1, 0.15) is 38.0 Å². The Labute approximate surface area is 179 Å². The molecular weight excluding hydrogens is 392 g/mol. The van der Waals surface area contributed by atoms with Crippen molar-refractivity contribution in [2.75, 3.05) is 10.6 Å². The Kier molecular flexibility index (Phi) is 5.86. The minimum Gasteiger partial charge on any atom is -0.359 e. The number of anilines is 2. The number of thiophene rings is 1. The Morgan fingerprint density at radius 3 is 2.37 bits per heavy atom. The van der Waals surface area contributed by atoms with Gasteiger partial charge in [0, 0.05) is 34.6 Å². The first-order valence-electron chi connectivity index (χ1n) is 9.67. The Hall–Kier alpha value is -3.51. The van der Waals surface area contributed by atoms with E-state index in [9.17, 15) is 4.79 Å². The van der Waals surface area contributed by atoms with Crippen molar-refractivity contribution in [1.29, 1.82) is 0 Å². The Morgan fingerprint density at radius 1 is 0.933 bits per heavy atom. The van der Waals surface area contributed by atoms with Gasteiger partial charge in [-0.1, -0.05) is 24.3 Å². The maximum Gasteiger partial charge on any atom is 0.256 e. The molecule has 1 aromatic carbocycles. The summed E-state index contributed by atoms with van der Waals surface area (Å²) in [6, 6.07) is 18.8. The van der Waals surface area contributed by atoms with Gasteiger partial charge in [0.1, 0.15) is 10.8 Å². The van der Waals surface area contributed by atoms with Crippen LogP contribution >= 0.6 is 11.3 Å². The van der Waals surface area contributed by atoms with Crippen molar-refractivity contribution >= 4 is 28.1 Å². The number of nitrogens with one attached hydrogen (secondary N) is 2. The topological polar surface area (TPSA) is 66.9 Å². The van der Waals surface area contributed by atoms with Crippen LogP contribution in [0.15, 0.2) is 79.3 Å². The highest BCUT2D eigenvalue weighted by Crippen LogP contribution is 2.40. The maximum absolute atomic E-state index is 12.9. The zero-order valence-corrected chi connectivity index (χ0v) is 17.6. The van der Waals surface area contributed by atoms with Crippen molar-refractivity contribution < 1.29 is 4.79 Å². The van der Waals surface area contributed by atoms with Crippen LogP contribution in [0.25, 0.3) is 0 Å². The van der Waals surface area contributed by atoms with E-state index < -0.39 is 0 Å². The molecule has 3 aromatic heterocycles. The van der Waals surface area contributed by atoms with Crippen molar-refractivity contribution in [3.63, 3.8) is 0 Å². The third kappa shape index (κ3) is 4.23. The van der Waals surface area contributed by atoms with Gasteiger partial charge < -0.3 is 10.6 Å². The SMILES string of the molecule is Cc1sc(NC(=O)c2ccccc2)c([C@@H](Nc2ccccn2)c2ccncc2)c1C. The molecular formula is C24H22N4OS. The summed E-state index contributed by atoms with van der Waals surface area (Å²) >= 11 is 1.59. The van der Waals surface area contributed by atoms with Gasteiger partial charge in [-0.25, -0.2) is 4.98 Å². The van der Waals surface area contributed by atoms with Crippen LogP contribution < -0.4 is 10.6 Å². The van der Waals surface area contributed by atoms with Crippen LogP contribution in [0.4, 0.5) is 10.8 Å². The highest BCUT2D eigenvalue weighted by Gasteiger charge is 2.25. The quantitative estimate of drug-likeness (QED) is 0.430. The number of amides is 1. The molecule has 3 heterocycles. The van der Waals surface area contributed by atoms with Gasteiger partial charge >= 0.3 is 0 Å². The van der Waals surface area contributed by atoms with E-state index in [0.29, 0.717) is 5.56 Å². The lowest BCUT2D eigenvalue weighted by Gasteiger charge is -2.22. The van der Waals surface area contributed by atoms with Crippen molar-refractivity contribution in [1.82, 2.24) is 9.97 Å². The second-order valence-electron chi connectivity index (χ2n) is 6.92. The van der Waals surface area contributed by atoms with Gasteiger partial charge in [0.2, 0.25) is 0 Å². The molecule has 0 unspecified atom stereocenters. The fourth-order valence-electron chi connectivity index (χ4n) is 3.32. The first kappa shape index (κ1) is 19.8. The summed E-state index contributed by atoms with van der Waals surface area (Å²) in [5, 5.41) is 7.50. The first-order valence-corrected chi connectivity index (χ1v) is 10.5. The average molecular weight is 415 g/mol. The number of aryl methyl sites for hydroxylation is 1. The summed E-state index contributed by atoms with van der Waals surface area (Å²) in [4.78, 5) is 22.6. The number of carbonyl (C=O) groups excluding carboxylic acids is 1. The van der Waals surface area contributed by atoms with Crippen LogP contribution in [-0.4, -0.2) is 15.9 Å². The van der Waals surface area contributed by atoms with Gasteiger partial charge in [0.05, 0.1) is 6.04 Å². The molecule has 150 valence electrons. The lowest BCUT2D eigenvalue weighted by molar-refractivity contribution is 0.102. The molecule has 30 heavy (non-hydrogen) atoms. The zero-order chi connectivity index (χ0) is 20.9. The summed E-state index contributed by atoms with van der Waals surface area (Å²) in [6.07, 6.45) is 5.31. The molecule has 0 aliphatic heterocycles. The number of pyridine rings is 2. The van der Waals surface area contributed by atoms with Gasteiger partial charge in [0.25, 0.3) is 5.91 Å². The maximum atomic E-state index is 12.9. The molecule has 0 spiro atoms. The van der Waals surface area contributed by atoms with Gasteiger partial charge in [-0.15, -0.1) is 11.3 Å². The molecule has 5 nitrogen and oxygen atoms in total. The third-order valence-electron chi connectivity index (χ3n) is 4.98. The average Bonchev–Trinajstić information content (AvgIpc) is 3.07. The van der Waals surface area contributed by atoms with E-state index in [2.05, 4.69) is 34.4 Å². The van der Waals surface area contributed by atoms with Crippen molar-refractivity contribution in [2.45, 2.75) is 19.9 Å². The highest BCUT2D eigenvalue weighted by molar-refractivity contribution is 7.16. The van der Waals surface area contributed by atoms with Crippen LogP contribution in [0.3, 0.4) is 0 Å². The van der Waals surface area contributed by atoms with Crippen LogP contribution in [-0.2, 0) is 0 Å². The Bertz CT molecular complexity index is 1130. The van der Waals surface area contributed by atoms with E-state index in [1.54, 1.807) is 29.9 Å².